The van der Waals surface area contributed by atoms with Crippen molar-refractivity contribution in [2.24, 2.45) is 11.8 Å². The van der Waals surface area contributed by atoms with Crippen LogP contribution < -0.4 is 21.3 Å². The first-order valence-electron chi connectivity index (χ1n) is 10.0. The van der Waals surface area contributed by atoms with E-state index in [-0.39, 0.29) is 13.2 Å². The first-order chi connectivity index (χ1) is 12.2. The van der Waals surface area contributed by atoms with Crippen molar-refractivity contribution in [3.8, 4) is 0 Å². The second-order valence-corrected chi connectivity index (χ2v) is 7.55. The Balaban J connectivity index is 1.40. The van der Waals surface area contributed by atoms with Crippen LogP contribution in [0.4, 0.5) is 0 Å². The van der Waals surface area contributed by atoms with Crippen LogP contribution in [-0.4, -0.2) is 88.0 Å². The fraction of sp³-hybridized carbons (Fsp3) is 1.00. The summed E-state index contributed by atoms with van der Waals surface area (Å²) in [4.78, 5) is 0. The van der Waals surface area contributed by atoms with Crippen LogP contribution in [-0.2, 0) is 4.74 Å². The molecule has 2 fully saturated rings. The van der Waals surface area contributed by atoms with Crippen molar-refractivity contribution >= 4 is 0 Å². The Labute approximate surface area is 152 Å². The molecule has 2 heterocycles. The van der Waals surface area contributed by atoms with E-state index in [1.54, 1.807) is 0 Å². The molecule has 0 radical (unpaired) electrons. The minimum atomic E-state index is -0.517. The Kier molecular flexibility index (Phi) is 10.9. The van der Waals surface area contributed by atoms with Gasteiger partial charge in [-0.15, -0.1) is 0 Å². The van der Waals surface area contributed by atoms with Gasteiger partial charge in [-0.1, -0.05) is 0 Å². The summed E-state index contributed by atoms with van der Waals surface area (Å²) >= 11 is 0. The number of rotatable bonds is 12. The molecule has 0 aromatic carbocycles. The average Bonchev–Trinajstić information content (AvgIpc) is 2.63. The van der Waals surface area contributed by atoms with Crippen LogP contribution in [0.25, 0.3) is 0 Å². The second kappa shape index (κ2) is 13.0. The molecule has 2 aliphatic heterocycles. The van der Waals surface area contributed by atoms with Crippen molar-refractivity contribution in [3.05, 3.63) is 0 Å². The average molecular weight is 359 g/mol. The second-order valence-electron chi connectivity index (χ2n) is 7.55. The molecule has 0 saturated carbocycles. The van der Waals surface area contributed by atoms with E-state index >= 15 is 0 Å². The van der Waals surface area contributed by atoms with E-state index < -0.39 is 12.2 Å². The van der Waals surface area contributed by atoms with Gasteiger partial charge in [-0.2, -0.15) is 0 Å². The van der Waals surface area contributed by atoms with E-state index in [1.807, 2.05) is 0 Å². The predicted octanol–water partition coefficient (Wildman–Crippen LogP) is -1.10. The Morgan fingerprint density at radius 2 is 1.16 bits per heavy atom. The van der Waals surface area contributed by atoms with Crippen LogP contribution in [0, 0.1) is 11.8 Å². The van der Waals surface area contributed by atoms with Gasteiger partial charge in [-0.05, 0) is 76.8 Å². The van der Waals surface area contributed by atoms with E-state index in [9.17, 15) is 10.2 Å². The highest BCUT2D eigenvalue weighted by atomic mass is 16.5. The Morgan fingerprint density at radius 1 is 0.760 bits per heavy atom. The molecule has 2 saturated heterocycles. The highest BCUT2D eigenvalue weighted by Gasteiger charge is 2.15. The number of ether oxygens (including phenoxy) is 1. The Morgan fingerprint density at radius 3 is 1.56 bits per heavy atom. The zero-order chi connectivity index (χ0) is 17.7. The predicted molar refractivity (Wildman–Crippen MR) is 99.8 cm³/mol. The molecule has 0 amide bonds. The lowest BCUT2D eigenvalue weighted by Crippen LogP contribution is -2.39. The van der Waals surface area contributed by atoms with Gasteiger partial charge in [0.2, 0.25) is 0 Å². The molecule has 6 N–H and O–H groups in total. The molecule has 7 heteroatoms. The maximum Gasteiger partial charge on any atom is 0.0897 e. The van der Waals surface area contributed by atoms with Crippen molar-refractivity contribution in [2.45, 2.75) is 37.9 Å². The summed E-state index contributed by atoms with van der Waals surface area (Å²) in [5.74, 6) is 1.42. The topological polar surface area (TPSA) is 97.8 Å². The molecule has 2 rings (SSSR count). The summed E-state index contributed by atoms with van der Waals surface area (Å²) in [5.41, 5.74) is 0. The number of nitrogens with one attached hydrogen (secondary N) is 4. The van der Waals surface area contributed by atoms with Gasteiger partial charge in [0.15, 0.2) is 0 Å². The van der Waals surface area contributed by atoms with E-state index in [0.29, 0.717) is 24.9 Å². The Hall–Kier alpha value is -0.280. The third-order valence-electron chi connectivity index (χ3n) is 5.16. The molecule has 2 atom stereocenters. The quantitative estimate of drug-likeness (QED) is 0.264. The molecule has 0 bridgehead atoms. The van der Waals surface area contributed by atoms with E-state index in [4.69, 9.17) is 4.74 Å². The largest absolute Gasteiger partial charge is 0.389 e. The van der Waals surface area contributed by atoms with Gasteiger partial charge in [0.1, 0.15) is 0 Å². The summed E-state index contributed by atoms with van der Waals surface area (Å²) in [6.07, 6.45) is 3.78. The summed E-state index contributed by atoms with van der Waals surface area (Å²) in [6.45, 7) is 7.95. The monoisotopic (exact) mass is 358 g/mol. The van der Waals surface area contributed by atoms with Gasteiger partial charge in [-0.25, -0.2) is 0 Å². The lowest BCUT2D eigenvalue weighted by Gasteiger charge is -2.24. The minimum Gasteiger partial charge on any atom is -0.389 e. The molecule has 7 nitrogen and oxygen atoms in total. The normalized spacial score (nSPS) is 22.8. The van der Waals surface area contributed by atoms with Crippen LogP contribution in [0.2, 0.25) is 0 Å². The number of piperidine rings is 2. The maximum absolute atomic E-state index is 9.93. The van der Waals surface area contributed by atoms with Crippen molar-refractivity contribution in [3.63, 3.8) is 0 Å². The molecule has 0 aromatic heterocycles. The van der Waals surface area contributed by atoms with E-state index in [1.165, 1.54) is 25.7 Å². The smallest absolute Gasteiger partial charge is 0.0897 e. The summed E-state index contributed by atoms with van der Waals surface area (Å²) in [5, 5.41) is 33.2. The van der Waals surface area contributed by atoms with Crippen molar-refractivity contribution in [1.29, 1.82) is 0 Å². The summed E-state index contributed by atoms with van der Waals surface area (Å²) in [7, 11) is 0. The van der Waals surface area contributed by atoms with Gasteiger partial charge >= 0.3 is 0 Å². The fourth-order valence-electron chi connectivity index (χ4n) is 3.54. The van der Waals surface area contributed by atoms with Crippen molar-refractivity contribution in [2.75, 3.05) is 65.6 Å². The first-order valence-corrected chi connectivity index (χ1v) is 10.0. The molecule has 0 unspecified atom stereocenters. The third-order valence-corrected chi connectivity index (χ3v) is 5.16. The number of hydrogen-bond donors (Lipinski definition) is 6. The standard InChI is InChI=1S/C18H38N4O3/c23-17(11-21-9-15-1-5-19-6-2-15)13-25-14-18(24)12-22-10-16-3-7-20-8-4-16/h15-24H,1-14H2/t17-,18-/m0/s1. The van der Waals surface area contributed by atoms with E-state index in [2.05, 4.69) is 21.3 Å². The highest BCUT2D eigenvalue weighted by Crippen LogP contribution is 2.10. The van der Waals surface area contributed by atoms with Gasteiger partial charge in [0.05, 0.1) is 25.4 Å². The van der Waals surface area contributed by atoms with Crippen LogP contribution in [0.5, 0.6) is 0 Å². The van der Waals surface area contributed by atoms with Crippen LogP contribution >= 0.6 is 0 Å². The molecule has 148 valence electrons. The SMILES string of the molecule is O[C@@H](CNCC1CCNCC1)COC[C@@H](O)CNCC1CCNCC1. The summed E-state index contributed by atoms with van der Waals surface area (Å²) in [6, 6.07) is 0. The number of aliphatic hydroxyl groups excluding tert-OH is 2. The minimum absolute atomic E-state index is 0.268. The molecule has 2 aliphatic rings. The molecule has 0 aromatic rings. The van der Waals surface area contributed by atoms with Gasteiger partial charge in [-0.3, -0.25) is 0 Å². The van der Waals surface area contributed by atoms with E-state index in [0.717, 1.165) is 39.3 Å². The van der Waals surface area contributed by atoms with Gasteiger partial charge < -0.3 is 36.2 Å². The highest BCUT2D eigenvalue weighted by molar-refractivity contribution is 4.72. The number of hydrogen-bond acceptors (Lipinski definition) is 7. The van der Waals surface area contributed by atoms with Crippen LogP contribution in [0.3, 0.4) is 0 Å². The Bertz CT molecular complexity index is 293. The van der Waals surface area contributed by atoms with Gasteiger partial charge in [0, 0.05) is 13.1 Å². The lowest BCUT2D eigenvalue weighted by molar-refractivity contribution is -0.00677. The molecule has 0 spiro atoms. The molecular formula is C18H38N4O3. The zero-order valence-electron chi connectivity index (χ0n) is 15.5. The zero-order valence-corrected chi connectivity index (χ0v) is 15.5. The summed E-state index contributed by atoms with van der Waals surface area (Å²) < 4.78 is 5.44. The van der Waals surface area contributed by atoms with Gasteiger partial charge in [0.25, 0.3) is 0 Å². The molecule has 0 aliphatic carbocycles. The first kappa shape index (κ1) is 21.0. The molecule has 25 heavy (non-hydrogen) atoms. The maximum atomic E-state index is 9.93. The van der Waals surface area contributed by atoms with Crippen LogP contribution in [0.15, 0.2) is 0 Å². The van der Waals surface area contributed by atoms with Crippen molar-refractivity contribution in [1.82, 2.24) is 21.3 Å². The van der Waals surface area contributed by atoms with Crippen molar-refractivity contribution < 1.29 is 14.9 Å². The number of aliphatic hydroxyl groups is 2. The fourth-order valence-corrected chi connectivity index (χ4v) is 3.54. The molecular weight excluding hydrogens is 320 g/mol. The third kappa shape index (κ3) is 9.84. The lowest BCUT2D eigenvalue weighted by atomic mass is 9.98. The van der Waals surface area contributed by atoms with Crippen LogP contribution in [0.1, 0.15) is 25.7 Å².